The summed E-state index contributed by atoms with van der Waals surface area (Å²) < 4.78 is 24.6. The summed E-state index contributed by atoms with van der Waals surface area (Å²) in [6.07, 6.45) is 5.11. The summed E-state index contributed by atoms with van der Waals surface area (Å²) in [6, 6.07) is 9.29. The summed E-state index contributed by atoms with van der Waals surface area (Å²) in [5.74, 6) is 0. The number of hydrogen-bond acceptors (Lipinski definition) is 4. The zero-order valence-corrected chi connectivity index (χ0v) is 14.5. The molecule has 1 aromatic carbocycles. The molecule has 21 heavy (non-hydrogen) atoms. The van der Waals surface area contributed by atoms with Crippen LogP contribution in [0, 0.1) is 0 Å². The van der Waals surface area contributed by atoms with Crippen LogP contribution in [0.15, 0.2) is 29.2 Å². The predicted octanol–water partition coefficient (Wildman–Crippen LogP) is 2.48. The van der Waals surface area contributed by atoms with Crippen molar-refractivity contribution in [3.8, 4) is 0 Å². The maximum atomic E-state index is 11.5. The molecule has 1 atom stereocenters. The lowest BCUT2D eigenvalue weighted by Crippen LogP contribution is -2.45. The Kier molecular flexibility index (Phi) is 5.71. The van der Waals surface area contributed by atoms with Gasteiger partial charge in [0.1, 0.15) is 0 Å². The van der Waals surface area contributed by atoms with Crippen molar-refractivity contribution < 1.29 is 8.42 Å². The minimum atomic E-state index is -3.03. The molecule has 0 spiro atoms. The van der Waals surface area contributed by atoms with E-state index in [1.807, 2.05) is 0 Å². The van der Waals surface area contributed by atoms with Crippen LogP contribution in [0.2, 0.25) is 0 Å². The fourth-order valence-corrected chi connectivity index (χ4v) is 3.98. The summed E-state index contributed by atoms with van der Waals surface area (Å²) in [6.45, 7) is 3.40. The quantitative estimate of drug-likeness (QED) is 0.844. The first-order chi connectivity index (χ1) is 9.90. The van der Waals surface area contributed by atoms with Gasteiger partial charge in [-0.1, -0.05) is 12.1 Å². The van der Waals surface area contributed by atoms with Crippen LogP contribution < -0.4 is 5.32 Å². The monoisotopic (exact) mass is 328 g/mol. The number of thioether (sulfide) groups is 1. The fourth-order valence-electron chi connectivity index (χ4n) is 2.70. The molecule has 1 unspecified atom stereocenters. The zero-order valence-electron chi connectivity index (χ0n) is 12.9. The van der Waals surface area contributed by atoms with Gasteiger partial charge in [-0.05, 0) is 43.7 Å². The first-order valence-electron chi connectivity index (χ1n) is 7.25. The van der Waals surface area contributed by atoms with Crippen molar-refractivity contribution in [1.29, 1.82) is 0 Å². The van der Waals surface area contributed by atoms with Crippen molar-refractivity contribution in [1.82, 2.24) is 9.62 Å². The minimum absolute atomic E-state index is 0.288. The summed E-state index contributed by atoms with van der Waals surface area (Å²) in [7, 11) is -3.03. The van der Waals surface area contributed by atoms with Gasteiger partial charge >= 0.3 is 0 Å². The SMILES string of the molecule is CSc1ccc(C(C)NC2CCN(S(C)(=O)=O)CC2)cc1. The molecular formula is C15H24N2O2S2. The van der Waals surface area contributed by atoms with E-state index in [0.29, 0.717) is 19.1 Å². The Morgan fingerprint density at radius 3 is 2.29 bits per heavy atom. The van der Waals surface area contributed by atoms with Gasteiger partial charge in [0.2, 0.25) is 10.0 Å². The van der Waals surface area contributed by atoms with Crippen molar-refractivity contribution in [3.05, 3.63) is 29.8 Å². The topological polar surface area (TPSA) is 49.4 Å². The number of benzene rings is 1. The van der Waals surface area contributed by atoms with E-state index in [9.17, 15) is 8.42 Å². The average Bonchev–Trinajstić information content (AvgIpc) is 2.47. The van der Waals surface area contributed by atoms with Crippen LogP contribution in [0.25, 0.3) is 0 Å². The Labute approximate surface area is 132 Å². The maximum Gasteiger partial charge on any atom is 0.211 e. The van der Waals surface area contributed by atoms with Gasteiger partial charge in [0.05, 0.1) is 6.26 Å². The van der Waals surface area contributed by atoms with Crippen LogP contribution in [0.5, 0.6) is 0 Å². The third-order valence-electron chi connectivity index (χ3n) is 4.02. The average molecular weight is 329 g/mol. The van der Waals surface area contributed by atoms with Gasteiger partial charge in [0.25, 0.3) is 0 Å². The van der Waals surface area contributed by atoms with Gasteiger partial charge in [-0.3, -0.25) is 0 Å². The van der Waals surface area contributed by atoms with E-state index in [2.05, 4.69) is 42.8 Å². The lowest BCUT2D eigenvalue weighted by Gasteiger charge is -2.32. The number of rotatable bonds is 5. The van der Waals surface area contributed by atoms with Gasteiger partial charge in [-0.25, -0.2) is 12.7 Å². The largest absolute Gasteiger partial charge is 0.307 e. The van der Waals surface area contributed by atoms with E-state index in [4.69, 9.17) is 0 Å². The normalized spacial score (nSPS) is 19.6. The molecular weight excluding hydrogens is 304 g/mol. The third kappa shape index (κ3) is 4.71. The van der Waals surface area contributed by atoms with Crippen LogP contribution in [0.3, 0.4) is 0 Å². The molecule has 1 aliphatic heterocycles. The van der Waals surface area contributed by atoms with Crippen molar-refractivity contribution in [3.63, 3.8) is 0 Å². The smallest absolute Gasteiger partial charge is 0.211 e. The fraction of sp³-hybridized carbons (Fsp3) is 0.600. The van der Waals surface area contributed by atoms with Gasteiger partial charge in [-0.15, -0.1) is 11.8 Å². The lowest BCUT2D eigenvalue weighted by atomic mass is 10.0. The van der Waals surface area contributed by atoms with Crippen molar-refractivity contribution >= 4 is 21.8 Å². The van der Waals surface area contributed by atoms with Crippen molar-refractivity contribution in [2.24, 2.45) is 0 Å². The highest BCUT2D eigenvalue weighted by Gasteiger charge is 2.25. The molecule has 0 radical (unpaired) electrons. The van der Waals surface area contributed by atoms with E-state index in [0.717, 1.165) is 12.8 Å². The van der Waals surface area contributed by atoms with Gasteiger partial charge in [0, 0.05) is 30.1 Å². The van der Waals surface area contributed by atoms with Crippen LogP contribution in [0.4, 0.5) is 0 Å². The summed E-state index contributed by atoms with van der Waals surface area (Å²) in [4.78, 5) is 1.27. The highest BCUT2D eigenvalue weighted by atomic mass is 32.2. The molecule has 1 aromatic rings. The molecule has 0 bridgehead atoms. The Bertz CT molecular complexity index is 550. The number of piperidine rings is 1. The van der Waals surface area contributed by atoms with Gasteiger partial charge in [-0.2, -0.15) is 0 Å². The number of sulfonamides is 1. The molecule has 1 N–H and O–H groups in total. The molecule has 0 aliphatic carbocycles. The van der Waals surface area contributed by atoms with E-state index in [1.165, 1.54) is 16.7 Å². The highest BCUT2D eigenvalue weighted by Crippen LogP contribution is 2.21. The summed E-state index contributed by atoms with van der Waals surface area (Å²) in [5.41, 5.74) is 1.28. The zero-order chi connectivity index (χ0) is 15.5. The molecule has 1 heterocycles. The molecule has 1 aliphatic rings. The van der Waals surface area contributed by atoms with Crippen LogP contribution in [0.1, 0.15) is 31.4 Å². The highest BCUT2D eigenvalue weighted by molar-refractivity contribution is 7.98. The third-order valence-corrected chi connectivity index (χ3v) is 6.07. The van der Waals surface area contributed by atoms with E-state index in [1.54, 1.807) is 16.1 Å². The van der Waals surface area contributed by atoms with Gasteiger partial charge < -0.3 is 5.32 Å². The predicted molar refractivity (Wildman–Crippen MR) is 89.2 cm³/mol. The Morgan fingerprint density at radius 1 is 1.24 bits per heavy atom. The standard InChI is InChI=1S/C15H24N2O2S2/c1-12(13-4-6-15(20-2)7-5-13)16-14-8-10-17(11-9-14)21(3,18)19/h4-7,12,14,16H,8-11H2,1-3H3. The Balaban J connectivity index is 1.87. The number of nitrogens with one attached hydrogen (secondary N) is 1. The second-order valence-corrected chi connectivity index (χ2v) is 8.46. The van der Waals surface area contributed by atoms with Crippen LogP contribution in [-0.2, 0) is 10.0 Å². The molecule has 1 fully saturated rings. The second kappa shape index (κ2) is 7.13. The first kappa shape index (κ1) is 16.8. The van der Waals surface area contributed by atoms with E-state index >= 15 is 0 Å². The Morgan fingerprint density at radius 2 is 1.81 bits per heavy atom. The first-order valence-corrected chi connectivity index (χ1v) is 10.3. The maximum absolute atomic E-state index is 11.5. The van der Waals surface area contributed by atoms with Crippen LogP contribution in [-0.4, -0.2) is 44.4 Å². The molecule has 2 rings (SSSR count). The van der Waals surface area contributed by atoms with Gasteiger partial charge in [0.15, 0.2) is 0 Å². The number of hydrogen-bond donors (Lipinski definition) is 1. The molecule has 6 heteroatoms. The van der Waals surface area contributed by atoms with E-state index < -0.39 is 10.0 Å². The van der Waals surface area contributed by atoms with Crippen molar-refractivity contribution in [2.75, 3.05) is 25.6 Å². The summed E-state index contributed by atoms with van der Waals surface area (Å²) >= 11 is 1.74. The molecule has 0 aromatic heterocycles. The van der Waals surface area contributed by atoms with Crippen LogP contribution >= 0.6 is 11.8 Å². The second-order valence-electron chi connectivity index (χ2n) is 5.60. The Hall–Kier alpha value is -0.560. The molecule has 0 amide bonds. The molecule has 1 saturated heterocycles. The van der Waals surface area contributed by atoms with E-state index in [-0.39, 0.29) is 6.04 Å². The van der Waals surface area contributed by atoms with Crippen molar-refractivity contribution in [2.45, 2.75) is 36.7 Å². The molecule has 4 nitrogen and oxygen atoms in total. The minimum Gasteiger partial charge on any atom is -0.307 e. The summed E-state index contributed by atoms with van der Waals surface area (Å²) in [5, 5.41) is 3.62. The molecule has 0 saturated carbocycles. The molecule has 118 valence electrons. The lowest BCUT2D eigenvalue weighted by molar-refractivity contribution is 0.278. The number of nitrogens with zero attached hydrogens (tertiary/aromatic N) is 1.